The van der Waals surface area contributed by atoms with Crippen molar-refractivity contribution in [1.29, 1.82) is 0 Å². The van der Waals surface area contributed by atoms with Crippen LogP contribution in [0.4, 0.5) is 0 Å². The van der Waals surface area contributed by atoms with Crippen molar-refractivity contribution in [3.05, 3.63) is 28.0 Å². The lowest BCUT2D eigenvalue weighted by molar-refractivity contribution is -0.117. The number of aryl methyl sites for hydroxylation is 1. The van der Waals surface area contributed by atoms with Crippen molar-refractivity contribution in [3.63, 3.8) is 0 Å². The van der Waals surface area contributed by atoms with Gasteiger partial charge in [-0.3, -0.25) is 4.79 Å². The number of rotatable bonds is 3. The van der Waals surface area contributed by atoms with E-state index in [2.05, 4.69) is 18.3 Å². The van der Waals surface area contributed by atoms with Crippen LogP contribution in [-0.4, -0.2) is 11.9 Å². The molecule has 86 valence electrons. The Morgan fingerprint density at radius 3 is 2.88 bits per heavy atom. The topological polar surface area (TPSA) is 29.1 Å². The molecule has 0 saturated heterocycles. The molecule has 1 amide bonds. The zero-order valence-electron chi connectivity index (χ0n) is 9.53. The monoisotopic (exact) mass is 235 g/mol. The van der Waals surface area contributed by atoms with Gasteiger partial charge in [0.2, 0.25) is 5.91 Å². The van der Waals surface area contributed by atoms with Gasteiger partial charge in [0.25, 0.3) is 0 Å². The quantitative estimate of drug-likeness (QED) is 0.801. The third-order valence-corrected chi connectivity index (χ3v) is 3.97. The van der Waals surface area contributed by atoms with Crippen molar-refractivity contribution in [2.75, 3.05) is 0 Å². The molecule has 3 heteroatoms. The van der Waals surface area contributed by atoms with E-state index in [-0.39, 0.29) is 5.91 Å². The lowest BCUT2D eigenvalue weighted by Crippen LogP contribution is -2.30. The summed E-state index contributed by atoms with van der Waals surface area (Å²) >= 11 is 1.67. The van der Waals surface area contributed by atoms with Crippen molar-refractivity contribution in [1.82, 2.24) is 5.32 Å². The molecule has 1 aliphatic rings. The molecule has 1 saturated carbocycles. The first-order valence-corrected chi connectivity index (χ1v) is 6.66. The minimum atomic E-state index is 0.0414. The summed E-state index contributed by atoms with van der Waals surface area (Å²) in [6.45, 7) is 2.06. The number of hydrogen-bond acceptors (Lipinski definition) is 2. The van der Waals surface area contributed by atoms with Gasteiger partial charge in [0, 0.05) is 17.0 Å². The number of nitrogens with one attached hydrogen (secondary N) is 1. The van der Waals surface area contributed by atoms with E-state index < -0.39 is 0 Å². The maximum Gasteiger partial charge on any atom is 0.244 e. The van der Waals surface area contributed by atoms with E-state index >= 15 is 0 Å². The fourth-order valence-corrected chi connectivity index (χ4v) is 2.85. The first-order valence-electron chi connectivity index (χ1n) is 5.78. The van der Waals surface area contributed by atoms with E-state index in [0.717, 1.165) is 12.8 Å². The highest BCUT2D eigenvalue weighted by Crippen LogP contribution is 2.18. The minimum Gasteiger partial charge on any atom is -0.350 e. The van der Waals surface area contributed by atoms with Gasteiger partial charge in [-0.05, 0) is 42.9 Å². The molecule has 1 N–H and O–H groups in total. The van der Waals surface area contributed by atoms with Crippen LogP contribution in [0.2, 0.25) is 0 Å². The van der Waals surface area contributed by atoms with Crippen LogP contribution in [0.5, 0.6) is 0 Å². The molecule has 0 atom stereocenters. The summed E-state index contributed by atoms with van der Waals surface area (Å²) in [5.41, 5.74) is 1.23. The molecular formula is C13H17NOS. The molecule has 0 spiro atoms. The molecule has 16 heavy (non-hydrogen) atoms. The standard InChI is InChI=1S/C13H17NOS/c1-10-8-9-16-12(10)6-7-13(15)14-11-4-2-3-5-11/h6-9,11H,2-5H2,1H3,(H,14,15). The fraction of sp³-hybridized carbons (Fsp3) is 0.462. The van der Waals surface area contributed by atoms with Crippen LogP contribution >= 0.6 is 11.3 Å². The Kier molecular flexibility index (Phi) is 3.78. The highest BCUT2D eigenvalue weighted by Gasteiger charge is 2.15. The van der Waals surface area contributed by atoms with Gasteiger partial charge in [-0.2, -0.15) is 0 Å². The first-order chi connectivity index (χ1) is 7.75. The van der Waals surface area contributed by atoms with E-state index in [0.29, 0.717) is 6.04 Å². The predicted octanol–water partition coefficient (Wildman–Crippen LogP) is 3.13. The van der Waals surface area contributed by atoms with Gasteiger partial charge in [-0.25, -0.2) is 0 Å². The van der Waals surface area contributed by atoms with E-state index in [1.807, 2.05) is 11.5 Å². The Balaban J connectivity index is 1.87. The van der Waals surface area contributed by atoms with Crippen molar-refractivity contribution in [2.45, 2.75) is 38.6 Å². The SMILES string of the molecule is Cc1ccsc1C=CC(=O)NC1CCCC1. The van der Waals surface area contributed by atoms with Gasteiger partial charge >= 0.3 is 0 Å². The highest BCUT2D eigenvalue weighted by atomic mass is 32.1. The first kappa shape index (κ1) is 11.4. The molecule has 1 aromatic rings. The van der Waals surface area contributed by atoms with Crippen LogP contribution in [0.3, 0.4) is 0 Å². The fourth-order valence-electron chi connectivity index (χ4n) is 2.03. The molecule has 0 aliphatic heterocycles. The minimum absolute atomic E-state index is 0.0414. The van der Waals surface area contributed by atoms with Gasteiger partial charge in [0.15, 0.2) is 0 Å². The molecule has 1 fully saturated rings. The van der Waals surface area contributed by atoms with E-state index in [1.165, 1.54) is 23.3 Å². The Morgan fingerprint density at radius 1 is 1.50 bits per heavy atom. The van der Waals surface area contributed by atoms with Crippen LogP contribution in [0, 0.1) is 6.92 Å². The molecule has 1 aromatic heterocycles. The molecule has 0 unspecified atom stereocenters. The molecule has 2 rings (SSSR count). The summed E-state index contributed by atoms with van der Waals surface area (Å²) < 4.78 is 0. The smallest absolute Gasteiger partial charge is 0.244 e. The van der Waals surface area contributed by atoms with E-state index in [1.54, 1.807) is 17.4 Å². The highest BCUT2D eigenvalue weighted by molar-refractivity contribution is 7.11. The summed E-state index contributed by atoms with van der Waals surface area (Å²) in [6, 6.07) is 2.47. The van der Waals surface area contributed by atoms with Crippen molar-refractivity contribution in [2.24, 2.45) is 0 Å². The Morgan fingerprint density at radius 2 is 2.25 bits per heavy atom. The van der Waals surface area contributed by atoms with Gasteiger partial charge in [-0.15, -0.1) is 11.3 Å². The van der Waals surface area contributed by atoms with Crippen molar-refractivity contribution < 1.29 is 4.79 Å². The third-order valence-electron chi connectivity index (χ3n) is 2.99. The summed E-state index contributed by atoms with van der Waals surface area (Å²) in [6.07, 6.45) is 8.33. The largest absolute Gasteiger partial charge is 0.350 e. The zero-order chi connectivity index (χ0) is 11.4. The Labute approximate surface area is 100 Å². The molecule has 1 aliphatic carbocycles. The molecule has 2 nitrogen and oxygen atoms in total. The molecule has 0 bridgehead atoms. The number of amides is 1. The van der Waals surface area contributed by atoms with E-state index in [9.17, 15) is 4.79 Å². The van der Waals surface area contributed by atoms with Crippen molar-refractivity contribution >= 4 is 23.3 Å². The lowest BCUT2D eigenvalue weighted by atomic mass is 10.2. The number of hydrogen-bond donors (Lipinski definition) is 1. The number of carbonyl (C=O) groups excluding carboxylic acids is 1. The molecule has 1 heterocycles. The number of carbonyl (C=O) groups is 1. The maximum atomic E-state index is 11.6. The summed E-state index contributed by atoms with van der Waals surface area (Å²) in [4.78, 5) is 12.8. The maximum absolute atomic E-state index is 11.6. The number of thiophene rings is 1. The second kappa shape index (κ2) is 5.30. The lowest BCUT2D eigenvalue weighted by Gasteiger charge is -2.08. The summed E-state index contributed by atoms with van der Waals surface area (Å²) in [5.74, 6) is 0.0414. The molecular weight excluding hydrogens is 218 g/mol. The normalized spacial score (nSPS) is 17.1. The Hall–Kier alpha value is -1.09. The van der Waals surface area contributed by atoms with Crippen LogP contribution in [0.25, 0.3) is 6.08 Å². The molecule has 0 radical (unpaired) electrons. The van der Waals surface area contributed by atoms with Gasteiger partial charge in [0.05, 0.1) is 0 Å². The van der Waals surface area contributed by atoms with Crippen LogP contribution in [-0.2, 0) is 4.79 Å². The van der Waals surface area contributed by atoms with Crippen molar-refractivity contribution in [3.8, 4) is 0 Å². The second-order valence-electron chi connectivity index (χ2n) is 4.29. The average molecular weight is 235 g/mol. The van der Waals surface area contributed by atoms with Gasteiger partial charge < -0.3 is 5.32 Å². The van der Waals surface area contributed by atoms with E-state index in [4.69, 9.17) is 0 Å². The van der Waals surface area contributed by atoms with Crippen LogP contribution < -0.4 is 5.32 Å². The average Bonchev–Trinajstić information content (AvgIpc) is 2.87. The van der Waals surface area contributed by atoms with Crippen LogP contribution in [0.1, 0.15) is 36.1 Å². The second-order valence-corrected chi connectivity index (χ2v) is 5.24. The Bertz CT molecular complexity index is 388. The molecule has 0 aromatic carbocycles. The van der Waals surface area contributed by atoms with Crippen LogP contribution in [0.15, 0.2) is 17.5 Å². The van der Waals surface area contributed by atoms with Gasteiger partial charge in [0.1, 0.15) is 0 Å². The predicted molar refractivity (Wildman–Crippen MR) is 68.5 cm³/mol. The summed E-state index contributed by atoms with van der Waals surface area (Å²) in [7, 11) is 0. The summed E-state index contributed by atoms with van der Waals surface area (Å²) in [5, 5.41) is 5.09. The third kappa shape index (κ3) is 2.95. The van der Waals surface area contributed by atoms with Gasteiger partial charge in [-0.1, -0.05) is 12.8 Å². The zero-order valence-corrected chi connectivity index (χ0v) is 10.3.